The summed E-state index contributed by atoms with van der Waals surface area (Å²) in [5, 5.41) is 7.02. The monoisotopic (exact) mass is 225 g/mol. The molecule has 2 atom stereocenters. The minimum absolute atomic E-state index is 0.744. The molecule has 0 amide bonds. The van der Waals surface area contributed by atoms with E-state index in [1.165, 1.54) is 51.9 Å². The quantitative estimate of drug-likeness (QED) is 0.745. The minimum atomic E-state index is 0.744. The molecule has 0 aromatic heterocycles. The molecule has 0 radical (unpaired) electrons. The lowest BCUT2D eigenvalue weighted by atomic mass is 9.85. The molecule has 2 saturated heterocycles. The molecule has 2 aliphatic heterocycles. The van der Waals surface area contributed by atoms with Crippen LogP contribution >= 0.6 is 0 Å². The van der Waals surface area contributed by atoms with Gasteiger partial charge in [-0.3, -0.25) is 0 Å². The molecule has 2 aliphatic rings. The van der Waals surface area contributed by atoms with Crippen molar-refractivity contribution in [1.29, 1.82) is 0 Å². The zero-order valence-corrected chi connectivity index (χ0v) is 10.8. The Kier molecular flexibility index (Phi) is 4.62. The lowest BCUT2D eigenvalue weighted by molar-refractivity contribution is 0.263. The summed E-state index contributed by atoms with van der Waals surface area (Å²) in [5.74, 6) is 1.83. The van der Waals surface area contributed by atoms with Gasteiger partial charge in [0.1, 0.15) is 0 Å². The van der Waals surface area contributed by atoms with Crippen molar-refractivity contribution < 1.29 is 0 Å². The van der Waals surface area contributed by atoms with Crippen LogP contribution in [0.15, 0.2) is 0 Å². The van der Waals surface area contributed by atoms with Gasteiger partial charge in [0.15, 0.2) is 0 Å². The van der Waals surface area contributed by atoms with Crippen LogP contribution in [0, 0.1) is 11.8 Å². The standard InChI is InChI=1S/C13H27N3/c1-14-13(12-5-8-16(2)10-12)9-11-3-6-15-7-4-11/h11-15H,3-10H2,1-2H3. The van der Waals surface area contributed by atoms with E-state index in [1.54, 1.807) is 0 Å². The number of nitrogens with one attached hydrogen (secondary N) is 2. The Labute approximate surface area is 100.0 Å². The number of likely N-dealkylation sites (tertiary alicyclic amines) is 1. The van der Waals surface area contributed by atoms with Crippen molar-refractivity contribution in [2.45, 2.75) is 31.7 Å². The topological polar surface area (TPSA) is 27.3 Å². The maximum absolute atomic E-state index is 3.56. The van der Waals surface area contributed by atoms with Crippen LogP contribution in [0.4, 0.5) is 0 Å². The number of hydrogen-bond donors (Lipinski definition) is 2. The van der Waals surface area contributed by atoms with Gasteiger partial charge in [-0.2, -0.15) is 0 Å². The predicted octanol–water partition coefficient (Wildman–Crippen LogP) is 0.916. The van der Waals surface area contributed by atoms with Gasteiger partial charge in [-0.05, 0) is 71.2 Å². The SMILES string of the molecule is CNC(CC1CCNCC1)C1CCN(C)C1. The molecule has 3 heteroatoms. The Morgan fingerprint density at radius 3 is 2.62 bits per heavy atom. The second-order valence-electron chi connectivity index (χ2n) is 5.64. The van der Waals surface area contributed by atoms with Crippen molar-refractivity contribution in [3.8, 4) is 0 Å². The van der Waals surface area contributed by atoms with Gasteiger partial charge in [0.2, 0.25) is 0 Å². The molecule has 2 heterocycles. The molecular formula is C13H27N3. The first-order valence-electron chi connectivity index (χ1n) is 6.86. The van der Waals surface area contributed by atoms with Crippen molar-refractivity contribution in [3.05, 3.63) is 0 Å². The third-order valence-corrected chi connectivity index (χ3v) is 4.41. The number of rotatable bonds is 4. The fourth-order valence-corrected chi connectivity index (χ4v) is 3.32. The first kappa shape index (κ1) is 12.3. The lowest BCUT2D eigenvalue weighted by Crippen LogP contribution is -2.39. The highest BCUT2D eigenvalue weighted by Crippen LogP contribution is 2.26. The summed E-state index contributed by atoms with van der Waals surface area (Å²) < 4.78 is 0. The molecule has 2 rings (SSSR count). The van der Waals surface area contributed by atoms with Gasteiger partial charge >= 0.3 is 0 Å². The van der Waals surface area contributed by atoms with E-state index in [0.717, 1.165) is 17.9 Å². The Balaban J connectivity index is 1.80. The molecule has 0 spiro atoms. The summed E-state index contributed by atoms with van der Waals surface area (Å²) in [6, 6.07) is 0.744. The summed E-state index contributed by atoms with van der Waals surface area (Å²) in [7, 11) is 4.39. The largest absolute Gasteiger partial charge is 0.317 e. The highest BCUT2D eigenvalue weighted by atomic mass is 15.1. The Morgan fingerprint density at radius 1 is 1.31 bits per heavy atom. The van der Waals surface area contributed by atoms with Crippen LogP contribution in [-0.2, 0) is 0 Å². The van der Waals surface area contributed by atoms with Gasteiger partial charge in [0, 0.05) is 12.6 Å². The van der Waals surface area contributed by atoms with Crippen molar-refractivity contribution in [1.82, 2.24) is 15.5 Å². The normalized spacial score (nSPS) is 30.8. The predicted molar refractivity (Wildman–Crippen MR) is 68.7 cm³/mol. The molecule has 0 bridgehead atoms. The van der Waals surface area contributed by atoms with Gasteiger partial charge in [-0.25, -0.2) is 0 Å². The Morgan fingerprint density at radius 2 is 2.06 bits per heavy atom. The zero-order chi connectivity index (χ0) is 11.4. The second kappa shape index (κ2) is 5.99. The second-order valence-corrected chi connectivity index (χ2v) is 5.64. The van der Waals surface area contributed by atoms with E-state index >= 15 is 0 Å². The molecule has 16 heavy (non-hydrogen) atoms. The van der Waals surface area contributed by atoms with E-state index in [0.29, 0.717) is 0 Å². The average molecular weight is 225 g/mol. The smallest absolute Gasteiger partial charge is 0.0108 e. The molecule has 2 unspecified atom stereocenters. The van der Waals surface area contributed by atoms with E-state index in [2.05, 4.69) is 29.6 Å². The third kappa shape index (κ3) is 3.19. The fourth-order valence-electron chi connectivity index (χ4n) is 3.32. The van der Waals surface area contributed by atoms with Crippen LogP contribution in [0.5, 0.6) is 0 Å². The van der Waals surface area contributed by atoms with E-state index < -0.39 is 0 Å². The molecule has 3 nitrogen and oxygen atoms in total. The highest BCUT2D eigenvalue weighted by Gasteiger charge is 2.28. The molecule has 94 valence electrons. The third-order valence-electron chi connectivity index (χ3n) is 4.41. The maximum Gasteiger partial charge on any atom is 0.0108 e. The summed E-state index contributed by atoms with van der Waals surface area (Å²) >= 11 is 0. The Hall–Kier alpha value is -0.120. The molecule has 0 aromatic carbocycles. The van der Waals surface area contributed by atoms with Crippen LogP contribution in [0.1, 0.15) is 25.7 Å². The Bertz CT molecular complexity index is 201. The van der Waals surface area contributed by atoms with E-state index in [-0.39, 0.29) is 0 Å². The summed E-state index contributed by atoms with van der Waals surface area (Å²) in [6.07, 6.45) is 5.52. The van der Waals surface area contributed by atoms with Crippen LogP contribution in [-0.4, -0.2) is 51.2 Å². The van der Waals surface area contributed by atoms with Crippen molar-refractivity contribution >= 4 is 0 Å². The van der Waals surface area contributed by atoms with Crippen LogP contribution in [0.3, 0.4) is 0 Å². The van der Waals surface area contributed by atoms with Gasteiger partial charge in [0.05, 0.1) is 0 Å². The number of nitrogens with zero attached hydrogens (tertiary/aromatic N) is 1. The minimum Gasteiger partial charge on any atom is -0.317 e. The molecule has 2 N–H and O–H groups in total. The van der Waals surface area contributed by atoms with Crippen LogP contribution < -0.4 is 10.6 Å². The fraction of sp³-hybridized carbons (Fsp3) is 1.00. The van der Waals surface area contributed by atoms with Gasteiger partial charge < -0.3 is 15.5 Å². The first-order valence-corrected chi connectivity index (χ1v) is 6.86. The lowest BCUT2D eigenvalue weighted by Gasteiger charge is -2.30. The maximum atomic E-state index is 3.56. The van der Waals surface area contributed by atoms with Crippen molar-refractivity contribution in [3.63, 3.8) is 0 Å². The zero-order valence-electron chi connectivity index (χ0n) is 10.8. The molecule has 2 fully saturated rings. The van der Waals surface area contributed by atoms with Gasteiger partial charge in [0.25, 0.3) is 0 Å². The van der Waals surface area contributed by atoms with Crippen LogP contribution in [0.25, 0.3) is 0 Å². The van der Waals surface area contributed by atoms with E-state index in [4.69, 9.17) is 0 Å². The first-order chi connectivity index (χ1) is 7.79. The molecule has 0 saturated carbocycles. The summed E-state index contributed by atoms with van der Waals surface area (Å²) in [4.78, 5) is 2.47. The van der Waals surface area contributed by atoms with Gasteiger partial charge in [-0.1, -0.05) is 0 Å². The molecular weight excluding hydrogens is 198 g/mol. The number of piperidine rings is 1. The summed E-state index contributed by atoms with van der Waals surface area (Å²) in [5.41, 5.74) is 0. The highest BCUT2D eigenvalue weighted by molar-refractivity contribution is 4.85. The van der Waals surface area contributed by atoms with E-state index in [1.807, 2.05) is 0 Å². The van der Waals surface area contributed by atoms with Crippen LogP contribution in [0.2, 0.25) is 0 Å². The van der Waals surface area contributed by atoms with Gasteiger partial charge in [-0.15, -0.1) is 0 Å². The average Bonchev–Trinajstić information content (AvgIpc) is 2.74. The number of hydrogen-bond acceptors (Lipinski definition) is 3. The van der Waals surface area contributed by atoms with E-state index in [9.17, 15) is 0 Å². The summed E-state index contributed by atoms with van der Waals surface area (Å²) in [6.45, 7) is 5.03. The molecule has 0 aliphatic carbocycles. The molecule has 0 aromatic rings. The van der Waals surface area contributed by atoms with Crippen molar-refractivity contribution in [2.75, 3.05) is 40.3 Å². The van der Waals surface area contributed by atoms with Crippen molar-refractivity contribution in [2.24, 2.45) is 11.8 Å².